The fraction of sp³-hybridized carbons (Fsp3) is 0.708. The van der Waals surface area contributed by atoms with Crippen molar-refractivity contribution in [1.29, 1.82) is 0 Å². The number of halogens is 1. The van der Waals surface area contributed by atoms with Crippen molar-refractivity contribution < 1.29 is 13.9 Å². The topological polar surface area (TPSA) is 61.4 Å². The Morgan fingerprint density at radius 2 is 2.09 bits per heavy atom. The minimum Gasteiger partial charge on any atom is -0.494 e. The number of nitrogens with zero attached hydrogens (tertiary/aromatic N) is 3. The molecule has 0 amide bonds. The molecule has 0 saturated carbocycles. The van der Waals surface area contributed by atoms with Crippen LogP contribution in [-0.4, -0.2) is 86.9 Å². The summed E-state index contributed by atoms with van der Waals surface area (Å²) in [5.74, 6) is 0.897. The second-order valence-electron chi connectivity index (χ2n) is 8.89. The lowest BCUT2D eigenvalue weighted by Gasteiger charge is -2.37. The van der Waals surface area contributed by atoms with Crippen molar-refractivity contribution >= 4 is 5.96 Å². The zero-order valence-corrected chi connectivity index (χ0v) is 20.1. The average molecular weight is 450 g/mol. The van der Waals surface area contributed by atoms with Gasteiger partial charge < -0.3 is 20.1 Å². The van der Waals surface area contributed by atoms with Crippen molar-refractivity contribution in [2.24, 2.45) is 4.99 Å². The van der Waals surface area contributed by atoms with Crippen LogP contribution in [0.5, 0.6) is 5.75 Å². The Morgan fingerprint density at radius 3 is 2.75 bits per heavy atom. The van der Waals surface area contributed by atoms with Crippen molar-refractivity contribution in [3.05, 3.63) is 29.6 Å². The predicted octanol–water partition coefficient (Wildman–Crippen LogP) is 2.46. The van der Waals surface area contributed by atoms with Gasteiger partial charge in [-0.05, 0) is 51.3 Å². The maximum atomic E-state index is 14.0. The number of nitrogens with one attached hydrogen (secondary N) is 2. The van der Waals surface area contributed by atoms with Crippen molar-refractivity contribution in [1.82, 2.24) is 20.4 Å². The molecule has 0 aromatic heterocycles. The molecule has 0 bridgehead atoms. The highest BCUT2D eigenvalue weighted by molar-refractivity contribution is 5.80. The van der Waals surface area contributed by atoms with E-state index in [1.165, 1.54) is 7.11 Å². The van der Waals surface area contributed by atoms with Crippen LogP contribution in [0.1, 0.15) is 39.2 Å². The summed E-state index contributed by atoms with van der Waals surface area (Å²) in [6.07, 6.45) is 2.08. The number of methoxy groups -OCH3 is 1. The fourth-order valence-electron chi connectivity index (χ4n) is 4.54. The molecule has 2 heterocycles. The van der Waals surface area contributed by atoms with Crippen LogP contribution in [0.2, 0.25) is 0 Å². The van der Waals surface area contributed by atoms with E-state index in [0.717, 1.165) is 76.8 Å². The summed E-state index contributed by atoms with van der Waals surface area (Å²) in [6, 6.07) is 6.45. The van der Waals surface area contributed by atoms with E-state index in [4.69, 9.17) is 14.5 Å². The van der Waals surface area contributed by atoms with Gasteiger partial charge in [0.25, 0.3) is 0 Å². The number of hydrogen-bond donors (Lipinski definition) is 2. The van der Waals surface area contributed by atoms with Crippen LogP contribution < -0.4 is 15.4 Å². The molecule has 0 aliphatic carbocycles. The number of rotatable bonds is 8. The lowest BCUT2D eigenvalue weighted by Crippen LogP contribution is -2.51. The first-order chi connectivity index (χ1) is 15.5. The minimum absolute atomic E-state index is 0.296. The number of guanidine groups is 1. The maximum Gasteiger partial charge on any atom is 0.191 e. The molecule has 1 aromatic carbocycles. The van der Waals surface area contributed by atoms with Gasteiger partial charge in [0.2, 0.25) is 0 Å². The normalized spacial score (nSPS) is 22.5. The maximum absolute atomic E-state index is 14.0. The Bertz CT molecular complexity index is 739. The van der Waals surface area contributed by atoms with Crippen molar-refractivity contribution in [2.45, 2.75) is 58.3 Å². The molecule has 32 heavy (non-hydrogen) atoms. The van der Waals surface area contributed by atoms with Crippen LogP contribution in [0.15, 0.2) is 23.2 Å². The number of aliphatic imine (C=N–C) groups is 1. The Kier molecular flexibility index (Phi) is 9.56. The highest BCUT2D eigenvalue weighted by atomic mass is 19.1. The third kappa shape index (κ3) is 7.05. The van der Waals surface area contributed by atoms with Crippen molar-refractivity contribution in [3.8, 4) is 5.75 Å². The monoisotopic (exact) mass is 449 g/mol. The lowest BCUT2D eigenvalue weighted by molar-refractivity contribution is -0.0165. The first-order valence-corrected chi connectivity index (χ1v) is 11.9. The summed E-state index contributed by atoms with van der Waals surface area (Å²) in [5.41, 5.74) is 0.982. The van der Waals surface area contributed by atoms with E-state index in [1.807, 2.05) is 6.07 Å². The number of piperidine rings is 1. The standard InChI is InChI=1S/C24H40FN5O2/c1-5-26-24(27-15-18(2)30-12-13-32-17-19(30)3)28-21-8-10-29(11-9-21)16-20-6-7-23(31-4)22(25)14-20/h6-7,14,18-19,21H,5,8-13,15-17H2,1-4H3,(H2,26,27,28). The summed E-state index contributed by atoms with van der Waals surface area (Å²) in [5, 5.41) is 7.02. The van der Waals surface area contributed by atoms with E-state index >= 15 is 0 Å². The molecule has 2 fully saturated rings. The summed E-state index contributed by atoms with van der Waals surface area (Å²) in [7, 11) is 1.49. The van der Waals surface area contributed by atoms with Gasteiger partial charge in [-0.2, -0.15) is 0 Å². The van der Waals surface area contributed by atoms with Gasteiger partial charge in [0.05, 0.1) is 26.9 Å². The van der Waals surface area contributed by atoms with Gasteiger partial charge in [-0.15, -0.1) is 0 Å². The summed E-state index contributed by atoms with van der Waals surface area (Å²) in [4.78, 5) is 9.74. The van der Waals surface area contributed by atoms with Gasteiger partial charge in [0.1, 0.15) is 0 Å². The number of benzene rings is 1. The van der Waals surface area contributed by atoms with Gasteiger partial charge in [-0.3, -0.25) is 14.8 Å². The first-order valence-electron chi connectivity index (χ1n) is 11.9. The van der Waals surface area contributed by atoms with Gasteiger partial charge in [-0.25, -0.2) is 4.39 Å². The van der Waals surface area contributed by atoms with E-state index in [-0.39, 0.29) is 5.82 Å². The molecule has 0 radical (unpaired) electrons. The van der Waals surface area contributed by atoms with Gasteiger partial charge >= 0.3 is 0 Å². The van der Waals surface area contributed by atoms with Crippen LogP contribution in [0.3, 0.4) is 0 Å². The van der Waals surface area contributed by atoms with Crippen LogP contribution in [0, 0.1) is 5.82 Å². The van der Waals surface area contributed by atoms with Gasteiger partial charge in [-0.1, -0.05) is 6.07 Å². The SMILES string of the molecule is CCNC(=NCC(C)N1CCOCC1C)NC1CCN(Cc2ccc(OC)c(F)c2)CC1. The summed E-state index contributed by atoms with van der Waals surface area (Å²) < 4.78 is 24.5. The van der Waals surface area contributed by atoms with Crippen LogP contribution in [0.4, 0.5) is 4.39 Å². The third-order valence-electron chi connectivity index (χ3n) is 6.39. The molecule has 2 aliphatic heterocycles. The molecule has 3 rings (SSSR count). The number of hydrogen-bond acceptors (Lipinski definition) is 5. The molecule has 0 spiro atoms. The molecule has 2 atom stereocenters. The number of likely N-dealkylation sites (tertiary alicyclic amines) is 1. The zero-order valence-electron chi connectivity index (χ0n) is 20.1. The number of morpholine rings is 1. The largest absolute Gasteiger partial charge is 0.494 e. The highest BCUT2D eigenvalue weighted by Gasteiger charge is 2.24. The van der Waals surface area contributed by atoms with Crippen LogP contribution >= 0.6 is 0 Å². The molecular formula is C24H40FN5O2. The molecule has 8 heteroatoms. The lowest BCUT2D eigenvalue weighted by atomic mass is 10.0. The first kappa shape index (κ1) is 24.7. The minimum atomic E-state index is -0.297. The van der Waals surface area contributed by atoms with E-state index < -0.39 is 0 Å². The Morgan fingerprint density at radius 1 is 1.31 bits per heavy atom. The van der Waals surface area contributed by atoms with Crippen LogP contribution in [-0.2, 0) is 11.3 Å². The molecule has 180 valence electrons. The summed E-state index contributed by atoms with van der Waals surface area (Å²) >= 11 is 0. The molecule has 2 aliphatic rings. The Balaban J connectivity index is 1.47. The number of ether oxygens (including phenoxy) is 2. The van der Waals surface area contributed by atoms with Crippen LogP contribution in [0.25, 0.3) is 0 Å². The Labute approximate surface area is 192 Å². The van der Waals surface area contributed by atoms with E-state index in [2.05, 4.69) is 41.2 Å². The molecular weight excluding hydrogens is 409 g/mol. The predicted molar refractivity (Wildman–Crippen MR) is 127 cm³/mol. The van der Waals surface area contributed by atoms with Gasteiger partial charge in [0, 0.05) is 50.8 Å². The van der Waals surface area contributed by atoms with Crippen molar-refractivity contribution in [2.75, 3.05) is 53.0 Å². The smallest absolute Gasteiger partial charge is 0.191 e. The van der Waals surface area contributed by atoms with Gasteiger partial charge in [0.15, 0.2) is 17.5 Å². The van der Waals surface area contributed by atoms with Crippen molar-refractivity contribution in [3.63, 3.8) is 0 Å². The molecule has 2 saturated heterocycles. The Hall–Kier alpha value is -1.90. The molecule has 7 nitrogen and oxygen atoms in total. The third-order valence-corrected chi connectivity index (χ3v) is 6.39. The van der Waals surface area contributed by atoms with E-state index in [9.17, 15) is 4.39 Å². The summed E-state index contributed by atoms with van der Waals surface area (Å²) in [6.45, 7) is 13.5. The molecule has 1 aromatic rings. The zero-order chi connectivity index (χ0) is 22.9. The second-order valence-corrected chi connectivity index (χ2v) is 8.89. The highest BCUT2D eigenvalue weighted by Crippen LogP contribution is 2.20. The molecule has 2 unspecified atom stereocenters. The van der Waals surface area contributed by atoms with E-state index in [1.54, 1.807) is 12.1 Å². The average Bonchev–Trinajstić information content (AvgIpc) is 2.79. The molecule has 2 N–H and O–H groups in total. The quantitative estimate of drug-likeness (QED) is 0.470. The van der Waals surface area contributed by atoms with E-state index in [0.29, 0.717) is 23.9 Å². The second kappa shape index (κ2) is 12.4. The fourth-order valence-corrected chi connectivity index (χ4v) is 4.54.